The molecule has 1 saturated heterocycles. The van der Waals surface area contributed by atoms with E-state index in [1.807, 2.05) is 19.1 Å². The quantitative estimate of drug-likeness (QED) is 0.827. The molecule has 4 heteroatoms. The van der Waals surface area contributed by atoms with Crippen molar-refractivity contribution in [1.29, 1.82) is 0 Å². The van der Waals surface area contributed by atoms with Crippen LogP contribution in [0, 0.1) is 5.41 Å². The second-order valence-electron chi connectivity index (χ2n) is 4.16. The van der Waals surface area contributed by atoms with Crippen LogP contribution in [0.2, 0.25) is 0 Å². The van der Waals surface area contributed by atoms with Crippen LogP contribution >= 0.6 is 0 Å². The van der Waals surface area contributed by atoms with Gasteiger partial charge in [-0.25, -0.2) is 0 Å². The fraction of sp³-hybridized carbons (Fsp3) is 0.500. The summed E-state index contributed by atoms with van der Waals surface area (Å²) in [5.74, 6) is 0.0954. The molecule has 0 aliphatic carbocycles. The summed E-state index contributed by atoms with van der Waals surface area (Å²) >= 11 is 0. The van der Waals surface area contributed by atoms with Crippen LogP contribution in [0.5, 0.6) is 0 Å². The number of rotatable bonds is 4. The van der Waals surface area contributed by atoms with Crippen molar-refractivity contribution in [2.45, 2.75) is 19.9 Å². The number of aromatic nitrogens is 1. The van der Waals surface area contributed by atoms with Gasteiger partial charge in [0.05, 0.1) is 18.6 Å². The standard InChI is InChI=1S/C12H16N2O2/c1-2-12(8-16-9-12)11(15)14-7-10-3-5-13-6-4-10/h3-6H,2,7-9H2,1H3,(H,14,15). The lowest BCUT2D eigenvalue weighted by molar-refractivity contribution is -0.162. The van der Waals surface area contributed by atoms with Crippen LogP contribution in [0.15, 0.2) is 24.5 Å². The van der Waals surface area contributed by atoms with E-state index in [1.165, 1.54) is 0 Å². The third-order valence-electron chi connectivity index (χ3n) is 3.12. The minimum atomic E-state index is -0.285. The minimum absolute atomic E-state index is 0.0954. The van der Waals surface area contributed by atoms with E-state index in [1.54, 1.807) is 12.4 Å². The van der Waals surface area contributed by atoms with Gasteiger partial charge >= 0.3 is 0 Å². The predicted octanol–water partition coefficient (Wildman–Crippen LogP) is 1.12. The van der Waals surface area contributed by atoms with Gasteiger partial charge in [0.1, 0.15) is 0 Å². The van der Waals surface area contributed by atoms with Gasteiger partial charge in [-0.3, -0.25) is 9.78 Å². The van der Waals surface area contributed by atoms with Crippen molar-refractivity contribution in [3.8, 4) is 0 Å². The van der Waals surface area contributed by atoms with Crippen LogP contribution in [0.3, 0.4) is 0 Å². The highest BCUT2D eigenvalue weighted by molar-refractivity contribution is 5.83. The first kappa shape index (κ1) is 11.1. The van der Waals surface area contributed by atoms with Crippen LogP contribution in [-0.4, -0.2) is 24.1 Å². The summed E-state index contributed by atoms with van der Waals surface area (Å²) in [7, 11) is 0. The largest absolute Gasteiger partial charge is 0.379 e. The number of carbonyl (C=O) groups excluding carboxylic acids is 1. The van der Waals surface area contributed by atoms with Crippen molar-refractivity contribution in [3.05, 3.63) is 30.1 Å². The Balaban J connectivity index is 1.89. The highest BCUT2D eigenvalue weighted by Crippen LogP contribution is 2.31. The maximum atomic E-state index is 11.9. The molecule has 16 heavy (non-hydrogen) atoms. The molecule has 1 N–H and O–H groups in total. The summed E-state index contributed by atoms with van der Waals surface area (Å²) in [4.78, 5) is 15.9. The molecule has 0 saturated carbocycles. The zero-order valence-electron chi connectivity index (χ0n) is 9.40. The molecule has 0 atom stereocenters. The molecule has 1 aromatic heterocycles. The summed E-state index contributed by atoms with van der Waals surface area (Å²) in [5.41, 5.74) is 0.780. The molecule has 0 spiro atoms. The molecule has 4 nitrogen and oxygen atoms in total. The molecule has 0 bridgehead atoms. The van der Waals surface area contributed by atoms with Crippen LogP contribution in [0.1, 0.15) is 18.9 Å². The average molecular weight is 220 g/mol. The summed E-state index contributed by atoms with van der Waals surface area (Å²) < 4.78 is 5.13. The van der Waals surface area contributed by atoms with Crippen molar-refractivity contribution >= 4 is 5.91 Å². The van der Waals surface area contributed by atoms with E-state index < -0.39 is 0 Å². The van der Waals surface area contributed by atoms with Gasteiger partial charge in [0.15, 0.2) is 0 Å². The summed E-state index contributed by atoms with van der Waals surface area (Å²) in [6.45, 7) is 3.68. The topological polar surface area (TPSA) is 51.2 Å². The summed E-state index contributed by atoms with van der Waals surface area (Å²) in [6, 6.07) is 3.80. The van der Waals surface area contributed by atoms with Gasteiger partial charge in [-0.15, -0.1) is 0 Å². The van der Waals surface area contributed by atoms with E-state index in [-0.39, 0.29) is 11.3 Å². The Hall–Kier alpha value is -1.42. The Bertz CT molecular complexity index is 355. The van der Waals surface area contributed by atoms with Gasteiger partial charge in [0.2, 0.25) is 5.91 Å². The molecule has 1 amide bonds. The van der Waals surface area contributed by atoms with E-state index in [0.29, 0.717) is 19.8 Å². The number of hydrogen-bond donors (Lipinski definition) is 1. The Morgan fingerprint density at radius 3 is 2.69 bits per heavy atom. The van der Waals surface area contributed by atoms with Gasteiger partial charge in [0, 0.05) is 18.9 Å². The number of carbonyl (C=O) groups is 1. The monoisotopic (exact) mass is 220 g/mol. The molecule has 0 aromatic carbocycles. The number of nitrogens with one attached hydrogen (secondary N) is 1. The van der Waals surface area contributed by atoms with E-state index >= 15 is 0 Å². The summed E-state index contributed by atoms with van der Waals surface area (Å²) in [5, 5.41) is 2.95. The first-order chi connectivity index (χ1) is 7.77. The molecule has 0 radical (unpaired) electrons. The van der Waals surface area contributed by atoms with Gasteiger partial charge in [0.25, 0.3) is 0 Å². The van der Waals surface area contributed by atoms with Crippen LogP contribution in [0.25, 0.3) is 0 Å². The second kappa shape index (κ2) is 4.61. The Morgan fingerprint density at radius 1 is 1.50 bits per heavy atom. The predicted molar refractivity (Wildman–Crippen MR) is 59.6 cm³/mol. The first-order valence-corrected chi connectivity index (χ1v) is 5.52. The SMILES string of the molecule is CCC1(C(=O)NCc2ccncc2)COC1. The fourth-order valence-corrected chi connectivity index (χ4v) is 1.71. The second-order valence-corrected chi connectivity index (χ2v) is 4.16. The van der Waals surface area contributed by atoms with Crippen LogP contribution < -0.4 is 5.32 Å². The van der Waals surface area contributed by atoms with Gasteiger partial charge in [-0.1, -0.05) is 6.92 Å². The van der Waals surface area contributed by atoms with Crippen molar-refractivity contribution in [3.63, 3.8) is 0 Å². The number of hydrogen-bond acceptors (Lipinski definition) is 3. The maximum Gasteiger partial charge on any atom is 0.231 e. The number of amides is 1. The van der Waals surface area contributed by atoms with Gasteiger partial charge in [-0.2, -0.15) is 0 Å². The molecule has 1 aliphatic rings. The van der Waals surface area contributed by atoms with Crippen molar-refractivity contribution in [2.75, 3.05) is 13.2 Å². The molecule has 2 rings (SSSR count). The third-order valence-corrected chi connectivity index (χ3v) is 3.12. The van der Waals surface area contributed by atoms with Crippen molar-refractivity contribution in [1.82, 2.24) is 10.3 Å². The zero-order valence-corrected chi connectivity index (χ0v) is 9.40. The van der Waals surface area contributed by atoms with E-state index in [2.05, 4.69) is 10.3 Å². The molecule has 1 fully saturated rings. The maximum absolute atomic E-state index is 11.9. The van der Waals surface area contributed by atoms with Gasteiger partial charge < -0.3 is 10.1 Å². The lowest BCUT2D eigenvalue weighted by Gasteiger charge is -2.39. The van der Waals surface area contributed by atoms with E-state index in [0.717, 1.165) is 12.0 Å². The number of pyridine rings is 1. The van der Waals surface area contributed by atoms with Crippen molar-refractivity contribution < 1.29 is 9.53 Å². The minimum Gasteiger partial charge on any atom is -0.379 e. The van der Waals surface area contributed by atoms with Crippen molar-refractivity contribution in [2.24, 2.45) is 5.41 Å². The first-order valence-electron chi connectivity index (χ1n) is 5.52. The number of ether oxygens (including phenoxy) is 1. The highest BCUT2D eigenvalue weighted by atomic mass is 16.5. The highest BCUT2D eigenvalue weighted by Gasteiger charge is 2.43. The molecule has 86 valence electrons. The lowest BCUT2D eigenvalue weighted by atomic mass is 9.82. The fourth-order valence-electron chi connectivity index (χ4n) is 1.71. The van der Waals surface area contributed by atoms with Crippen LogP contribution in [-0.2, 0) is 16.1 Å². The molecule has 0 unspecified atom stereocenters. The molecular weight excluding hydrogens is 204 g/mol. The average Bonchev–Trinajstić information content (AvgIpc) is 2.27. The van der Waals surface area contributed by atoms with E-state index in [9.17, 15) is 4.79 Å². The summed E-state index contributed by atoms with van der Waals surface area (Å²) in [6.07, 6.45) is 4.28. The smallest absolute Gasteiger partial charge is 0.231 e. The third kappa shape index (κ3) is 2.07. The van der Waals surface area contributed by atoms with E-state index in [4.69, 9.17) is 4.74 Å². The van der Waals surface area contributed by atoms with Crippen LogP contribution in [0.4, 0.5) is 0 Å². The molecular formula is C12H16N2O2. The Kier molecular flexibility index (Phi) is 3.19. The van der Waals surface area contributed by atoms with Gasteiger partial charge in [-0.05, 0) is 24.1 Å². The number of nitrogens with zero attached hydrogens (tertiary/aromatic N) is 1. The zero-order chi connectivity index (χ0) is 11.4. The Morgan fingerprint density at radius 2 is 2.19 bits per heavy atom. The normalized spacial score (nSPS) is 17.6. The molecule has 2 heterocycles. The Labute approximate surface area is 95.0 Å². The molecule has 1 aliphatic heterocycles. The molecule has 1 aromatic rings. The lowest BCUT2D eigenvalue weighted by Crippen LogP contribution is -2.53.